The van der Waals surface area contributed by atoms with Gasteiger partial charge in [-0.15, -0.1) is 0 Å². The predicted octanol–water partition coefficient (Wildman–Crippen LogP) is 2.57. The number of carbonyl (C=O) groups is 2. The van der Waals surface area contributed by atoms with Gasteiger partial charge < -0.3 is 22.1 Å². The first-order chi connectivity index (χ1) is 9.75. The molecule has 126 valence electrons. The number of unbranched alkanes of at least 4 members (excludes halogenated alkanes) is 1. The van der Waals surface area contributed by atoms with Crippen molar-refractivity contribution in [2.75, 3.05) is 13.1 Å². The maximum Gasteiger partial charge on any atom is 0.312 e. The Balaban J connectivity index is 0. The SMILES string of the molecule is CC(C)CCCCNC(N)=O.CC(C)CCCNC(N)=O. The highest BCUT2D eigenvalue weighted by molar-refractivity contribution is 5.71. The molecule has 6 heteroatoms. The second-order valence-electron chi connectivity index (χ2n) is 6.01. The highest BCUT2D eigenvalue weighted by atomic mass is 16.2. The first-order valence-corrected chi connectivity index (χ1v) is 7.82. The molecule has 0 radical (unpaired) electrons. The summed E-state index contributed by atoms with van der Waals surface area (Å²) in [5.41, 5.74) is 9.74. The molecule has 0 unspecified atom stereocenters. The number of amides is 4. The van der Waals surface area contributed by atoms with Crippen molar-refractivity contribution < 1.29 is 9.59 Å². The molecule has 0 rings (SSSR count). The Morgan fingerprint density at radius 3 is 1.52 bits per heavy atom. The summed E-state index contributed by atoms with van der Waals surface area (Å²) in [6.45, 7) is 10.1. The van der Waals surface area contributed by atoms with E-state index in [1.807, 2.05) is 0 Å². The number of hydrogen-bond acceptors (Lipinski definition) is 2. The molecule has 0 aliphatic rings. The van der Waals surface area contributed by atoms with Gasteiger partial charge in [0.05, 0.1) is 0 Å². The fourth-order valence-corrected chi connectivity index (χ4v) is 1.61. The summed E-state index contributed by atoms with van der Waals surface area (Å²) in [4.78, 5) is 20.4. The topological polar surface area (TPSA) is 110 Å². The van der Waals surface area contributed by atoms with Crippen LogP contribution in [0.5, 0.6) is 0 Å². The monoisotopic (exact) mass is 302 g/mol. The zero-order valence-electron chi connectivity index (χ0n) is 14.1. The maximum absolute atomic E-state index is 10.2. The molecular formula is C15H34N4O2. The van der Waals surface area contributed by atoms with Crippen LogP contribution < -0.4 is 22.1 Å². The molecule has 0 aromatic heterocycles. The van der Waals surface area contributed by atoms with Crippen LogP contribution >= 0.6 is 0 Å². The Bertz CT molecular complexity index is 268. The van der Waals surface area contributed by atoms with Gasteiger partial charge in [0.1, 0.15) is 0 Å². The summed E-state index contributed by atoms with van der Waals surface area (Å²) >= 11 is 0. The smallest absolute Gasteiger partial charge is 0.312 e. The minimum Gasteiger partial charge on any atom is -0.352 e. The fourth-order valence-electron chi connectivity index (χ4n) is 1.61. The second-order valence-corrected chi connectivity index (χ2v) is 6.01. The number of nitrogens with two attached hydrogens (primary N) is 2. The lowest BCUT2D eigenvalue weighted by Crippen LogP contribution is -2.30. The van der Waals surface area contributed by atoms with E-state index in [-0.39, 0.29) is 0 Å². The molecule has 0 bridgehead atoms. The number of carbonyl (C=O) groups excluding carboxylic acids is 2. The molecule has 0 spiro atoms. The van der Waals surface area contributed by atoms with E-state index >= 15 is 0 Å². The molecule has 0 heterocycles. The Morgan fingerprint density at radius 1 is 0.762 bits per heavy atom. The lowest BCUT2D eigenvalue weighted by Gasteiger charge is -2.03. The van der Waals surface area contributed by atoms with Gasteiger partial charge in [-0.3, -0.25) is 0 Å². The third-order valence-corrected chi connectivity index (χ3v) is 2.76. The molecule has 6 nitrogen and oxygen atoms in total. The average Bonchev–Trinajstić information content (AvgIpc) is 2.34. The van der Waals surface area contributed by atoms with Gasteiger partial charge in [-0.25, -0.2) is 9.59 Å². The molecule has 0 aromatic rings. The van der Waals surface area contributed by atoms with Crippen molar-refractivity contribution in [2.24, 2.45) is 23.3 Å². The zero-order valence-corrected chi connectivity index (χ0v) is 14.1. The van der Waals surface area contributed by atoms with Crippen molar-refractivity contribution in [3.8, 4) is 0 Å². The fraction of sp³-hybridized carbons (Fsp3) is 0.867. The van der Waals surface area contributed by atoms with Crippen molar-refractivity contribution in [3.05, 3.63) is 0 Å². The minimum atomic E-state index is -0.427. The van der Waals surface area contributed by atoms with Gasteiger partial charge in [-0.2, -0.15) is 0 Å². The van der Waals surface area contributed by atoms with Gasteiger partial charge in [-0.05, 0) is 31.1 Å². The third kappa shape index (κ3) is 27.7. The van der Waals surface area contributed by atoms with Crippen LogP contribution in [0.1, 0.15) is 59.8 Å². The number of urea groups is 2. The lowest BCUT2D eigenvalue weighted by molar-refractivity contribution is 0.247. The second kappa shape index (κ2) is 14.9. The summed E-state index contributed by atoms with van der Waals surface area (Å²) in [6.07, 6.45) is 5.57. The Labute approximate surface area is 129 Å². The number of primary amides is 2. The van der Waals surface area contributed by atoms with Crippen molar-refractivity contribution >= 4 is 12.1 Å². The largest absolute Gasteiger partial charge is 0.352 e. The predicted molar refractivity (Wildman–Crippen MR) is 87.9 cm³/mol. The molecule has 0 aliphatic heterocycles. The number of hydrogen-bond donors (Lipinski definition) is 4. The van der Waals surface area contributed by atoms with Crippen molar-refractivity contribution in [1.29, 1.82) is 0 Å². The van der Waals surface area contributed by atoms with Crippen LogP contribution in [-0.4, -0.2) is 25.2 Å². The maximum atomic E-state index is 10.2. The standard InChI is InChI=1S/C8H18N2O.C7H16N2O/c1-7(2)5-3-4-6-10-8(9)11;1-6(2)4-3-5-9-7(8)10/h7H,3-6H2,1-2H3,(H3,9,10,11);6H,3-5H2,1-2H3,(H3,8,9,10). The van der Waals surface area contributed by atoms with E-state index in [0.29, 0.717) is 19.0 Å². The van der Waals surface area contributed by atoms with Gasteiger partial charge in [-0.1, -0.05) is 40.5 Å². The highest BCUT2D eigenvalue weighted by Gasteiger charge is 1.95. The van der Waals surface area contributed by atoms with Crippen molar-refractivity contribution in [2.45, 2.75) is 59.8 Å². The van der Waals surface area contributed by atoms with Crippen LogP contribution in [0.15, 0.2) is 0 Å². The average molecular weight is 302 g/mol. The van der Waals surface area contributed by atoms with Crippen LogP contribution in [-0.2, 0) is 0 Å². The zero-order chi connectivity index (χ0) is 16.7. The summed E-state index contributed by atoms with van der Waals surface area (Å²) in [5, 5.41) is 5.10. The third-order valence-electron chi connectivity index (χ3n) is 2.76. The van der Waals surface area contributed by atoms with E-state index in [1.165, 1.54) is 6.42 Å². The summed E-state index contributed by atoms with van der Waals surface area (Å²) in [6, 6.07) is -0.849. The molecule has 4 amide bonds. The summed E-state index contributed by atoms with van der Waals surface area (Å²) in [7, 11) is 0. The minimum absolute atomic E-state index is 0.422. The van der Waals surface area contributed by atoms with Crippen LogP contribution in [0.4, 0.5) is 9.59 Å². The Hall–Kier alpha value is -1.46. The molecule has 0 aromatic carbocycles. The van der Waals surface area contributed by atoms with Gasteiger partial charge in [0, 0.05) is 13.1 Å². The Morgan fingerprint density at radius 2 is 1.14 bits per heavy atom. The summed E-state index contributed by atoms with van der Waals surface area (Å²) < 4.78 is 0. The molecule has 21 heavy (non-hydrogen) atoms. The molecule has 0 saturated carbocycles. The van der Waals surface area contributed by atoms with Crippen LogP contribution in [0.25, 0.3) is 0 Å². The number of nitrogens with one attached hydrogen (secondary N) is 2. The van der Waals surface area contributed by atoms with Crippen LogP contribution in [0.3, 0.4) is 0 Å². The van der Waals surface area contributed by atoms with E-state index in [0.717, 1.165) is 31.6 Å². The first-order valence-electron chi connectivity index (χ1n) is 7.82. The van der Waals surface area contributed by atoms with Crippen LogP contribution in [0.2, 0.25) is 0 Å². The summed E-state index contributed by atoms with van der Waals surface area (Å²) in [5.74, 6) is 1.46. The quantitative estimate of drug-likeness (QED) is 0.491. The van der Waals surface area contributed by atoms with Gasteiger partial charge in [0.2, 0.25) is 0 Å². The molecule has 0 aliphatic carbocycles. The molecule has 0 atom stereocenters. The van der Waals surface area contributed by atoms with Gasteiger partial charge in [0.25, 0.3) is 0 Å². The molecule has 0 saturated heterocycles. The highest BCUT2D eigenvalue weighted by Crippen LogP contribution is 2.04. The molecular weight excluding hydrogens is 268 g/mol. The molecule has 0 fully saturated rings. The first kappa shape index (κ1) is 21.8. The van der Waals surface area contributed by atoms with E-state index in [1.54, 1.807) is 0 Å². The van der Waals surface area contributed by atoms with Crippen LogP contribution in [0, 0.1) is 11.8 Å². The van der Waals surface area contributed by atoms with Crippen molar-refractivity contribution in [1.82, 2.24) is 10.6 Å². The van der Waals surface area contributed by atoms with E-state index < -0.39 is 12.1 Å². The van der Waals surface area contributed by atoms with E-state index in [9.17, 15) is 9.59 Å². The lowest BCUT2D eigenvalue weighted by atomic mass is 10.1. The van der Waals surface area contributed by atoms with E-state index in [4.69, 9.17) is 11.5 Å². The number of rotatable bonds is 9. The molecule has 6 N–H and O–H groups in total. The normalized spacial score (nSPS) is 10.0. The Kier molecular flexibility index (Phi) is 15.5. The van der Waals surface area contributed by atoms with Gasteiger partial charge >= 0.3 is 12.1 Å². The van der Waals surface area contributed by atoms with Crippen molar-refractivity contribution in [3.63, 3.8) is 0 Å². The van der Waals surface area contributed by atoms with Gasteiger partial charge in [0.15, 0.2) is 0 Å². The van der Waals surface area contributed by atoms with E-state index in [2.05, 4.69) is 38.3 Å².